The van der Waals surface area contributed by atoms with Crippen LogP contribution in [0.15, 0.2) is 24.4 Å². The fraction of sp³-hybridized carbons (Fsp3) is 0.231. The molecule has 0 aliphatic rings. The number of hydrogen-bond donors (Lipinski definition) is 0. The average Bonchev–Trinajstić information content (AvgIpc) is 2.83. The fourth-order valence-corrected chi connectivity index (χ4v) is 3.14. The van der Waals surface area contributed by atoms with Crippen LogP contribution < -0.4 is 0 Å². The molecular weight excluding hydrogens is 339 g/mol. The maximum Gasteiger partial charge on any atom is 0.255 e. The topological polar surface area (TPSA) is 33.2 Å². The standard InChI is InChI=1S/C13H11Cl3N2OS/c1-2-18(7-8-3-4-12(16)20-8)13(19)9-5-11(15)17-6-10(9)14/h3-6H,2,7H2,1H3. The van der Waals surface area contributed by atoms with Crippen LogP contribution in [0, 0.1) is 0 Å². The quantitative estimate of drug-likeness (QED) is 0.745. The highest BCUT2D eigenvalue weighted by Crippen LogP contribution is 2.25. The minimum atomic E-state index is -0.175. The first-order chi connectivity index (χ1) is 9.51. The molecule has 0 saturated carbocycles. The first kappa shape index (κ1) is 15.6. The normalized spacial score (nSPS) is 10.6. The lowest BCUT2D eigenvalue weighted by Gasteiger charge is -2.20. The first-order valence-corrected chi connectivity index (χ1v) is 7.80. The van der Waals surface area contributed by atoms with Crippen LogP contribution in [0.4, 0.5) is 0 Å². The zero-order valence-corrected chi connectivity index (χ0v) is 13.7. The van der Waals surface area contributed by atoms with Crippen LogP contribution in [0.25, 0.3) is 0 Å². The molecule has 0 spiro atoms. The molecule has 0 unspecified atom stereocenters. The molecule has 2 aromatic heterocycles. The molecular formula is C13H11Cl3N2OS. The van der Waals surface area contributed by atoms with Crippen molar-refractivity contribution in [2.24, 2.45) is 0 Å². The van der Waals surface area contributed by atoms with E-state index in [2.05, 4.69) is 4.98 Å². The summed E-state index contributed by atoms with van der Waals surface area (Å²) in [5.41, 5.74) is 0.358. The van der Waals surface area contributed by atoms with Crippen molar-refractivity contribution in [3.63, 3.8) is 0 Å². The number of halogens is 3. The van der Waals surface area contributed by atoms with Gasteiger partial charge in [-0.15, -0.1) is 11.3 Å². The van der Waals surface area contributed by atoms with Crippen LogP contribution in [0.5, 0.6) is 0 Å². The monoisotopic (exact) mass is 348 g/mol. The zero-order chi connectivity index (χ0) is 14.7. The number of thiophene rings is 1. The van der Waals surface area contributed by atoms with Crippen molar-refractivity contribution < 1.29 is 4.79 Å². The highest BCUT2D eigenvalue weighted by Gasteiger charge is 2.19. The molecule has 1 amide bonds. The van der Waals surface area contributed by atoms with Crippen molar-refractivity contribution in [1.29, 1.82) is 0 Å². The van der Waals surface area contributed by atoms with Gasteiger partial charge in [0.15, 0.2) is 0 Å². The van der Waals surface area contributed by atoms with E-state index in [4.69, 9.17) is 34.8 Å². The third kappa shape index (κ3) is 3.64. The molecule has 0 bridgehead atoms. The molecule has 0 aromatic carbocycles. The third-order valence-corrected chi connectivity index (χ3v) is 4.42. The van der Waals surface area contributed by atoms with E-state index in [9.17, 15) is 4.79 Å². The largest absolute Gasteiger partial charge is 0.334 e. The summed E-state index contributed by atoms with van der Waals surface area (Å²) in [7, 11) is 0. The molecule has 3 nitrogen and oxygen atoms in total. The van der Waals surface area contributed by atoms with Gasteiger partial charge in [0.1, 0.15) is 5.15 Å². The first-order valence-electron chi connectivity index (χ1n) is 5.85. The van der Waals surface area contributed by atoms with Crippen LogP contribution in [-0.4, -0.2) is 22.3 Å². The zero-order valence-electron chi connectivity index (χ0n) is 10.6. The van der Waals surface area contributed by atoms with Crippen molar-refractivity contribution in [3.05, 3.63) is 49.3 Å². The number of rotatable bonds is 4. The van der Waals surface area contributed by atoms with Gasteiger partial charge in [-0.05, 0) is 25.1 Å². The highest BCUT2D eigenvalue weighted by molar-refractivity contribution is 7.16. The lowest BCUT2D eigenvalue weighted by atomic mass is 10.2. The van der Waals surface area contributed by atoms with Crippen LogP contribution in [0.1, 0.15) is 22.2 Å². The summed E-state index contributed by atoms with van der Waals surface area (Å²) in [6.45, 7) is 2.96. The second-order valence-electron chi connectivity index (χ2n) is 4.01. The molecule has 0 saturated heterocycles. The summed E-state index contributed by atoms with van der Waals surface area (Å²) in [6.07, 6.45) is 1.38. The van der Waals surface area contributed by atoms with Gasteiger partial charge in [-0.2, -0.15) is 0 Å². The molecule has 2 heterocycles. The Hall–Kier alpha value is -0.810. The number of carbonyl (C=O) groups is 1. The minimum Gasteiger partial charge on any atom is -0.334 e. The van der Waals surface area contributed by atoms with Gasteiger partial charge in [0.2, 0.25) is 0 Å². The van der Waals surface area contributed by atoms with Crippen LogP contribution >= 0.6 is 46.1 Å². The second kappa shape index (κ2) is 6.76. The molecule has 20 heavy (non-hydrogen) atoms. The lowest BCUT2D eigenvalue weighted by molar-refractivity contribution is 0.0754. The average molecular weight is 350 g/mol. The highest BCUT2D eigenvalue weighted by atomic mass is 35.5. The number of nitrogens with zero attached hydrogens (tertiary/aromatic N) is 2. The van der Waals surface area contributed by atoms with E-state index >= 15 is 0 Å². The van der Waals surface area contributed by atoms with Gasteiger partial charge in [-0.3, -0.25) is 4.79 Å². The Balaban J connectivity index is 2.22. The molecule has 106 valence electrons. The van der Waals surface area contributed by atoms with Crippen molar-refractivity contribution in [2.75, 3.05) is 6.54 Å². The molecule has 0 atom stereocenters. The van der Waals surface area contributed by atoms with Crippen molar-refractivity contribution in [2.45, 2.75) is 13.5 Å². The molecule has 2 aromatic rings. The van der Waals surface area contributed by atoms with E-state index in [1.807, 2.05) is 19.1 Å². The van der Waals surface area contributed by atoms with E-state index in [-0.39, 0.29) is 11.1 Å². The molecule has 0 radical (unpaired) electrons. The van der Waals surface area contributed by atoms with Gasteiger partial charge in [0.25, 0.3) is 5.91 Å². The van der Waals surface area contributed by atoms with Crippen molar-refractivity contribution in [3.8, 4) is 0 Å². The van der Waals surface area contributed by atoms with Gasteiger partial charge in [-0.25, -0.2) is 4.98 Å². The van der Waals surface area contributed by atoms with Crippen molar-refractivity contribution >= 4 is 52.0 Å². The lowest BCUT2D eigenvalue weighted by Crippen LogP contribution is -2.30. The van der Waals surface area contributed by atoms with Crippen LogP contribution in [0.3, 0.4) is 0 Å². The number of amides is 1. The smallest absolute Gasteiger partial charge is 0.255 e. The molecule has 0 N–H and O–H groups in total. The molecule has 2 rings (SSSR count). The summed E-state index contributed by atoms with van der Waals surface area (Å²) in [4.78, 5) is 19.0. The van der Waals surface area contributed by atoms with Gasteiger partial charge in [0, 0.05) is 17.6 Å². The molecule has 0 aliphatic heterocycles. The molecule has 0 aliphatic carbocycles. The van der Waals surface area contributed by atoms with Gasteiger partial charge < -0.3 is 4.90 Å². The summed E-state index contributed by atoms with van der Waals surface area (Å²) < 4.78 is 0.702. The maximum atomic E-state index is 12.5. The number of carbonyl (C=O) groups excluding carboxylic acids is 1. The Morgan fingerprint density at radius 3 is 2.70 bits per heavy atom. The summed E-state index contributed by atoms with van der Waals surface area (Å²) in [6, 6.07) is 5.20. The maximum absolute atomic E-state index is 12.5. The van der Waals surface area contributed by atoms with Crippen molar-refractivity contribution in [1.82, 2.24) is 9.88 Å². The SMILES string of the molecule is CCN(Cc1ccc(Cl)s1)C(=O)c1cc(Cl)ncc1Cl. The van der Waals surface area contributed by atoms with E-state index in [0.29, 0.717) is 28.0 Å². The Labute approximate surface area is 136 Å². The van der Waals surface area contributed by atoms with Crippen LogP contribution in [-0.2, 0) is 6.54 Å². The van der Waals surface area contributed by atoms with Gasteiger partial charge in [-0.1, -0.05) is 34.8 Å². The Morgan fingerprint density at radius 1 is 1.35 bits per heavy atom. The van der Waals surface area contributed by atoms with E-state index < -0.39 is 0 Å². The van der Waals surface area contributed by atoms with Crippen LogP contribution in [0.2, 0.25) is 14.5 Å². The number of hydrogen-bond acceptors (Lipinski definition) is 3. The Morgan fingerprint density at radius 2 is 2.10 bits per heavy atom. The Kier molecular flexibility index (Phi) is 5.27. The number of aromatic nitrogens is 1. The second-order valence-corrected chi connectivity index (χ2v) is 6.61. The van der Waals surface area contributed by atoms with Gasteiger partial charge in [0.05, 0.1) is 21.5 Å². The van der Waals surface area contributed by atoms with E-state index in [1.54, 1.807) is 4.90 Å². The van der Waals surface area contributed by atoms with E-state index in [1.165, 1.54) is 23.6 Å². The number of pyridine rings is 1. The predicted molar refractivity (Wildman–Crippen MR) is 84.0 cm³/mol. The third-order valence-electron chi connectivity index (χ3n) is 2.70. The molecule has 7 heteroatoms. The summed E-state index contributed by atoms with van der Waals surface area (Å²) in [5, 5.41) is 0.537. The van der Waals surface area contributed by atoms with Gasteiger partial charge >= 0.3 is 0 Å². The summed E-state index contributed by atoms with van der Waals surface area (Å²) >= 11 is 19.2. The Bertz CT molecular complexity index is 630. The summed E-state index contributed by atoms with van der Waals surface area (Å²) in [5.74, 6) is -0.175. The van der Waals surface area contributed by atoms with E-state index in [0.717, 1.165) is 4.88 Å². The minimum absolute atomic E-state index is 0.175. The predicted octanol–water partition coefficient (Wildman–Crippen LogP) is 4.77. The molecule has 0 fully saturated rings. The fourth-order valence-electron chi connectivity index (χ4n) is 1.70.